The smallest absolute Gasteiger partial charge is 0.177 e. The van der Waals surface area contributed by atoms with Gasteiger partial charge in [0.25, 0.3) is 0 Å². The van der Waals surface area contributed by atoms with Gasteiger partial charge in [-0.2, -0.15) is 0 Å². The summed E-state index contributed by atoms with van der Waals surface area (Å²) in [6, 6.07) is 12.7. The molecule has 1 fully saturated rings. The summed E-state index contributed by atoms with van der Waals surface area (Å²) in [7, 11) is 1.72. The number of hydrogen-bond acceptors (Lipinski definition) is 3. The molecule has 2 aromatic rings. The molecule has 1 saturated heterocycles. The predicted molar refractivity (Wildman–Crippen MR) is 94.6 cm³/mol. The van der Waals surface area contributed by atoms with E-state index in [0.29, 0.717) is 0 Å². The molecule has 3 rings (SSSR count). The molecule has 120 valence electrons. The molecule has 2 aromatic carbocycles. The van der Waals surface area contributed by atoms with Gasteiger partial charge < -0.3 is 9.64 Å². The highest BCUT2D eigenvalue weighted by atomic mass is 16.5. The van der Waals surface area contributed by atoms with Crippen LogP contribution in [0.4, 0.5) is 5.69 Å². The fourth-order valence-electron chi connectivity index (χ4n) is 3.41. The molecule has 0 N–H and O–H groups in total. The normalized spacial score (nSPS) is 15.2. The average Bonchev–Trinajstić information content (AvgIpc) is 2.95. The van der Waals surface area contributed by atoms with Gasteiger partial charge in [0.05, 0.1) is 7.11 Å². The number of benzene rings is 2. The maximum atomic E-state index is 5.45. The Kier molecular flexibility index (Phi) is 4.58. The van der Waals surface area contributed by atoms with Crippen molar-refractivity contribution in [3.63, 3.8) is 0 Å². The number of nitrogens with zero attached hydrogens (tertiary/aromatic N) is 2. The minimum Gasteiger partial charge on any atom is -0.496 e. The van der Waals surface area contributed by atoms with E-state index in [-0.39, 0.29) is 0 Å². The second-order valence-electron chi connectivity index (χ2n) is 6.23. The van der Waals surface area contributed by atoms with Crippen LogP contribution in [0.3, 0.4) is 0 Å². The highest BCUT2D eigenvalue weighted by Crippen LogP contribution is 2.31. The second-order valence-corrected chi connectivity index (χ2v) is 6.23. The lowest BCUT2D eigenvalue weighted by Gasteiger charge is -2.23. The summed E-state index contributed by atoms with van der Waals surface area (Å²) in [6.45, 7) is 12.8. The molecule has 0 amide bonds. The van der Waals surface area contributed by atoms with Crippen LogP contribution in [0.5, 0.6) is 5.75 Å². The van der Waals surface area contributed by atoms with Crippen molar-refractivity contribution in [3.8, 4) is 5.75 Å². The van der Waals surface area contributed by atoms with Crippen LogP contribution in [0.2, 0.25) is 0 Å². The summed E-state index contributed by atoms with van der Waals surface area (Å²) in [5.74, 6) is 0.940. The second kappa shape index (κ2) is 6.63. The van der Waals surface area contributed by atoms with Crippen molar-refractivity contribution in [3.05, 3.63) is 65.3 Å². The predicted octanol–water partition coefficient (Wildman–Crippen LogP) is 3.94. The molecule has 1 aliphatic rings. The lowest BCUT2D eigenvalue weighted by Crippen LogP contribution is -2.20. The third-order valence-electron chi connectivity index (χ3n) is 4.31. The Morgan fingerprint density at radius 3 is 2.43 bits per heavy atom. The van der Waals surface area contributed by atoms with Crippen molar-refractivity contribution in [2.24, 2.45) is 0 Å². The molecule has 3 heteroatoms. The lowest BCUT2D eigenvalue weighted by atomic mass is 10.0. The summed E-state index contributed by atoms with van der Waals surface area (Å²) >= 11 is 0. The van der Waals surface area contributed by atoms with Gasteiger partial charge in [-0.05, 0) is 38.0 Å². The van der Waals surface area contributed by atoms with Crippen molar-refractivity contribution in [2.75, 3.05) is 25.1 Å². The summed E-state index contributed by atoms with van der Waals surface area (Å²) in [4.78, 5) is 4.48. The third kappa shape index (κ3) is 3.35. The number of aryl methyl sites for hydroxylation is 3. The fourth-order valence-corrected chi connectivity index (χ4v) is 3.41. The fraction of sp³-hybridized carbons (Fsp3) is 0.350. The van der Waals surface area contributed by atoms with Gasteiger partial charge >= 0.3 is 0 Å². The largest absolute Gasteiger partial charge is 0.496 e. The average molecular weight is 308 g/mol. The molecule has 0 spiro atoms. The van der Waals surface area contributed by atoms with Crippen molar-refractivity contribution in [1.29, 1.82) is 0 Å². The Bertz CT molecular complexity index is 673. The Hall–Kier alpha value is -2.00. The van der Waals surface area contributed by atoms with Crippen molar-refractivity contribution < 1.29 is 4.74 Å². The van der Waals surface area contributed by atoms with Crippen LogP contribution in [-0.4, -0.2) is 25.1 Å². The van der Waals surface area contributed by atoms with Crippen molar-refractivity contribution in [2.45, 2.75) is 27.3 Å². The Balaban J connectivity index is 1.74. The first-order chi connectivity index (χ1) is 11.1. The molecule has 23 heavy (non-hydrogen) atoms. The van der Waals surface area contributed by atoms with Crippen LogP contribution in [0.1, 0.15) is 22.3 Å². The van der Waals surface area contributed by atoms with Crippen LogP contribution in [-0.2, 0) is 6.54 Å². The van der Waals surface area contributed by atoms with E-state index in [4.69, 9.17) is 4.74 Å². The molecule has 2 radical (unpaired) electrons. The standard InChI is InChI=1S/C20H24N2O/c1-15-11-16(2)20(17(3)12-15)22-10-9-21(14-22)13-18-7-5-6-8-19(18)23-4/h5-8,11-12H,9-10,13H2,1-4H3. The van der Waals surface area contributed by atoms with Gasteiger partial charge in [-0.25, -0.2) is 0 Å². The van der Waals surface area contributed by atoms with Crippen molar-refractivity contribution in [1.82, 2.24) is 4.90 Å². The molecule has 0 saturated carbocycles. The summed E-state index contributed by atoms with van der Waals surface area (Å²) < 4.78 is 5.45. The van der Waals surface area contributed by atoms with E-state index in [1.165, 1.54) is 27.9 Å². The minimum absolute atomic E-state index is 0.824. The van der Waals surface area contributed by atoms with Crippen LogP contribution >= 0.6 is 0 Å². The first-order valence-electron chi connectivity index (χ1n) is 8.07. The van der Waals surface area contributed by atoms with Gasteiger partial charge in [0.15, 0.2) is 6.67 Å². The number of ether oxygens (including phenoxy) is 1. The van der Waals surface area contributed by atoms with E-state index in [1.807, 2.05) is 12.1 Å². The molecule has 3 nitrogen and oxygen atoms in total. The monoisotopic (exact) mass is 308 g/mol. The molecular weight excluding hydrogens is 284 g/mol. The molecule has 0 bridgehead atoms. The number of hydrogen-bond donors (Lipinski definition) is 0. The Morgan fingerprint density at radius 2 is 1.74 bits per heavy atom. The van der Waals surface area contributed by atoms with Crippen LogP contribution < -0.4 is 9.64 Å². The summed E-state index contributed by atoms with van der Waals surface area (Å²) in [6.07, 6.45) is 0. The zero-order valence-electron chi connectivity index (χ0n) is 14.4. The Morgan fingerprint density at radius 1 is 1.04 bits per heavy atom. The first kappa shape index (κ1) is 15.9. The SMILES string of the molecule is COc1ccccc1CN1[C]N(c2c(C)cc(C)cc2C)CC1. The van der Waals surface area contributed by atoms with E-state index in [1.54, 1.807) is 7.11 Å². The number of rotatable bonds is 4. The third-order valence-corrected chi connectivity index (χ3v) is 4.31. The first-order valence-corrected chi connectivity index (χ1v) is 8.07. The number of para-hydroxylation sites is 1. The number of anilines is 1. The van der Waals surface area contributed by atoms with Crippen LogP contribution in [0.15, 0.2) is 36.4 Å². The summed E-state index contributed by atoms with van der Waals surface area (Å²) in [5, 5.41) is 0. The zero-order chi connectivity index (χ0) is 16.4. The molecule has 0 atom stereocenters. The van der Waals surface area contributed by atoms with E-state index >= 15 is 0 Å². The molecule has 1 aliphatic heterocycles. The Labute approximate surface area is 139 Å². The van der Waals surface area contributed by atoms with Crippen molar-refractivity contribution >= 4 is 5.69 Å². The maximum absolute atomic E-state index is 5.45. The molecule has 0 unspecified atom stereocenters. The van der Waals surface area contributed by atoms with Crippen LogP contribution in [0, 0.1) is 27.4 Å². The lowest BCUT2D eigenvalue weighted by molar-refractivity contribution is 0.361. The van der Waals surface area contributed by atoms with E-state index in [0.717, 1.165) is 25.4 Å². The van der Waals surface area contributed by atoms with E-state index in [9.17, 15) is 0 Å². The van der Waals surface area contributed by atoms with Crippen LogP contribution in [0.25, 0.3) is 0 Å². The minimum atomic E-state index is 0.824. The van der Waals surface area contributed by atoms with Gasteiger partial charge in [0, 0.05) is 30.9 Å². The molecule has 0 aromatic heterocycles. The van der Waals surface area contributed by atoms with Gasteiger partial charge in [0.2, 0.25) is 0 Å². The molecular formula is C20H24N2O. The molecule has 0 aliphatic carbocycles. The highest BCUT2D eigenvalue weighted by molar-refractivity contribution is 5.61. The van der Waals surface area contributed by atoms with E-state index in [2.05, 4.69) is 61.5 Å². The quantitative estimate of drug-likeness (QED) is 0.851. The summed E-state index contributed by atoms with van der Waals surface area (Å²) in [5.41, 5.74) is 6.43. The van der Waals surface area contributed by atoms with Gasteiger partial charge in [-0.15, -0.1) is 0 Å². The molecule has 1 heterocycles. The van der Waals surface area contributed by atoms with Gasteiger partial charge in [-0.1, -0.05) is 35.9 Å². The van der Waals surface area contributed by atoms with Gasteiger partial charge in [-0.3, -0.25) is 4.90 Å². The van der Waals surface area contributed by atoms with E-state index < -0.39 is 0 Å². The zero-order valence-corrected chi connectivity index (χ0v) is 14.4. The highest BCUT2D eigenvalue weighted by Gasteiger charge is 2.25. The maximum Gasteiger partial charge on any atom is 0.177 e. The topological polar surface area (TPSA) is 15.7 Å². The van der Waals surface area contributed by atoms with Gasteiger partial charge in [0.1, 0.15) is 5.75 Å². The number of methoxy groups -OCH3 is 1.